The lowest BCUT2D eigenvalue weighted by Gasteiger charge is -2.08. The summed E-state index contributed by atoms with van der Waals surface area (Å²) in [7, 11) is 0. The van der Waals surface area contributed by atoms with Gasteiger partial charge in [0.05, 0.1) is 17.2 Å². The molecule has 96 valence electrons. The first kappa shape index (κ1) is 11.0. The standard InChI is InChI=1S/C21H13/c1-2-7-16-13-20-18(11-15(16)6-1)12-17-10-9-14-5-3-4-8-19(14)21(17)20/h1-8,10-11,13H,12H2/q+1. The van der Waals surface area contributed by atoms with Gasteiger partial charge in [0.2, 0.25) is 0 Å². The van der Waals surface area contributed by atoms with E-state index in [1.165, 1.54) is 44.2 Å². The second-order valence-electron chi connectivity index (χ2n) is 5.77. The van der Waals surface area contributed by atoms with Gasteiger partial charge in [-0.2, -0.15) is 0 Å². The van der Waals surface area contributed by atoms with Gasteiger partial charge in [-0.05, 0) is 46.7 Å². The first-order valence-corrected chi connectivity index (χ1v) is 7.34. The number of benzene rings is 3. The molecule has 3 aromatic carbocycles. The molecule has 0 unspecified atom stereocenters. The van der Waals surface area contributed by atoms with Crippen molar-refractivity contribution in [2.45, 2.75) is 6.42 Å². The van der Waals surface area contributed by atoms with Gasteiger partial charge in [-0.25, -0.2) is 0 Å². The van der Waals surface area contributed by atoms with Crippen LogP contribution in [0.15, 0.2) is 72.3 Å². The Balaban J connectivity index is 1.82. The summed E-state index contributed by atoms with van der Waals surface area (Å²) in [5.41, 5.74) is 8.17. The van der Waals surface area contributed by atoms with E-state index in [0.29, 0.717) is 0 Å². The normalized spacial score (nSPS) is 14.7. The van der Waals surface area contributed by atoms with Crippen molar-refractivity contribution in [2.24, 2.45) is 0 Å². The molecule has 3 aromatic rings. The molecule has 0 heteroatoms. The minimum atomic E-state index is 1.02. The maximum atomic E-state index is 3.43. The Bertz CT molecular complexity index is 955. The maximum absolute atomic E-state index is 3.43. The average Bonchev–Trinajstić information content (AvgIpc) is 2.90. The average molecular weight is 265 g/mol. The Morgan fingerprint density at radius 3 is 2.43 bits per heavy atom. The van der Waals surface area contributed by atoms with Gasteiger partial charge in [0.1, 0.15) is 0 Å². The van der Waals surface area contributed by atoms with E-state index in [0.717, 1.165) is 6.42 Å². The highest BCUT2D eigenvalue weighted by Gasteiger charge is 2.31. The van der Waals surface area contributed by atoms with Crippen LogP contribution in [0, 0.1) is 6.08 Å². The van der Waals surface area contributed by atoms with Crippen LogP contribution in [0.4, 0.5) is 0 Å². The van der Waals surface area contributed by atoms with Crippen LogP contribution in [0.5, 0.6) is 0 Å². The van der Waals surface area contributed by atoms with Gasteiger partial charge in [-0.1, -0.05) is 24.3 Å². The number of hydrogen-bond acceptors (Lipinski definition) is 0. The lowest BCUT2D eigenvalue weighted by Crippen LogP contribution is -1.96. The van der Waals surface area contributed by atoms with Gasteiger partial charge in [0.25, 0.3) is 0 Å². The van der Waals surface area contributed by atoms with E-state index >= 15 is 0 Å². The molecule has 0 atom stereocenters. The zero-order chi connectivity index (χ0) is 13.8. The third-order valence-corrected chi connectivity index (χ3v) is 4.54. The van der Waals surface area contributed by atoms with Gasteiger partial charge in [0, 0.05) is 29.7 Å². The van der Waals surface area contributed by atoms with Crippen LogP contribution < -0.4 is 0 Å². The van der Waals surface area contributed by atoms with Crippen molar-refractivity contribution in [1.82, 2.24) is 0 Å². The summed E-state index contributed by atoms with van der Waals surface area (Å²) in [6.07, 6.45) is 6.62. The van der Waals surface area contributed by atoms with Crippen LogP contribution in [0.3, 0.4) is 0 Å². The highest BCUT2D eigenvalue weighted by atomic mass is 14.3. The van der Waals surface area contributed by atoms with Crippen molar-refractivity contribution in [3.05, 3.63) is 101 Å². The molecule has 0 aromatic heterocycles. The first-order chi connectivity index (χ1) is 10.4. The predicted octanol–water partition coefficient (Wildman–Crippen LogP) is 4.92. The summed E-state index contributed by atoms with van der Waals surface area (Å²) in [4.78, 5) is 0. The Kier molecular flexibility index (Phi) is 2.05. The molecule has 5 rings (SSSR count). The number of allylic oxidation sites excluding steroid dienone is 2. The van der Waals surface area contributed by atoms with Crippen molar-refractivity contribution in [2.75, 3.05) is 0 Å². The van der Waals surface area contributed by atoms with Gasteiger partial charge >= 0.3 is 0 Å². The second-order valence-corrected chi connectivity index (χ2v) is 5.77. The van der Waals surface area contributed by atoms with E-state index < -0.39 is 0 Å². The van der Waals surface area contributed by atoms with Crippen molar-refractivity contribution in [3.63, 3.8) is 0 Å². The third-order valence-electron chi connectivity index (χ3n) is 4.54. The van der Waals surface area contributed by atoms with Crippen LogP contribution in [0.2, 0.25) is 0 Å². The molecular weight excluding hydrogens is 252 g/mol. The maximum Gasteiger partial charge on any atom is 0.155 e. The molecule has 0 amide bonds. The molecule has 0 N–H and O–H groups in total. The smallest absolute Gasteiger partial charge is 0.0616 e. The predicted molar refractivity (Wildman–Crippen MR) is 87.0 cm³/mol. The van der Waals surface area contributed by atoms with Crippen LogP contribution >= 0.6 is 0 Å². The molecule has 0 aliphatic heterocycles. The second kappa shape index (κ2) is 3.91. The molecule has 0 saturated heterocycles. The van der Waals surface area contributed by atoms with Gasteiger partial charge in [-0.15, -0.1) is 0 Å². The number of rotatable bonds is 0. The van der Waals surface area contributed by atoms with E-state index in [-0.39, 0.29) is 0 Å². The number of hydrogen-bond donors (Lipinski definition) is 0. The summed E-state index contributed by atoms with van der Waals surface area (Å²) < 4.78 is 0. The molecule has 2 aliphatic carbocycles. The Morgan fingerprint density at radius 2 is 1.52 bits per heavy atom. The molecule has 0 saturated carbocycles. The van der Waals surface area contributed by atoms with E-state index in [9.17, 15) is 0 Å². The van der Waals surface area contributed by atoms with Crippen molar-refractivity contribution in [1.29, 1.82) is 0 Å². The largest absolute Gasteiger partial charge is 0.155 e. The lowest BCUT2D eigenvalue weighted by molar-refractivity contribution is 1.24. The Labute approximate surface area is 124 Å². The molecule has 2 aliphatic rings. The van der Waals surface area contributed by atoms with E-state index in [4.69, 9.17) is 0 Å². The molecule has 0 nitrogen and oxygen atoms in total. The highest BCUT2D eigenvalue weighted by Crippen LogP contribution is 2.43. The fraction of sp³-hybridized carbons (Fsp3) is 0.0476. The molecule has 0 fully saturated rings. The summed E-state index contributed by atoms with van der Waals surface area (Å²) in [6, 6.07) is 21.9. The van der Waals surface area contributed by atoms with Crippen molar-refractivity contribution in [3.8, 4) is 0 Å². The fourth-order valence-electron chi connectivity index (χ4n) is 3.57. The number of fused-ring (bicyclic) bond motifs is 5. The van der Waals surface area contributed by atoms with Gasteiger partial charge in [-0.3, -0.25) is 0 Å². The van der Waals surface area contributed by atoms with Crippen molar-refractivity contribution < 1.29 is 0 Å². The van der Waals surface area contributed by atoms with Gasteiger partial charge < -0.3 is 0 Å². The van der Waals surface area contributed by atoms with E-state index in [1.54, 1.807) is 0 Å². The molecular formula is C21H13+. The molecule has 0 spiro atoms. The molecule has 0 bridgehead atoms. The molecule has 0 heterocycles. The summed E-state index contributed by atoms with van der Waals surface area (Å²) >= 11 is 0. The van der Waals surface area contributed by atoms with Crippen LogP contribution in [-0.2, 0) is 6.42 Å². The Hall–Kier alpha value is -2.69. The molecule has 21 heavy (non-hydrogen) atoms. The third kappa shape index (κ3) is 1.48. The minimum Gasteiger partial charge on any atom is -0.0616 e. The lowest BCUT2D eigenvalue weighted by atomic mass is 9.89. The quantitative estimate of drug-likeness (QED) is 0.506. The van der Waals surface area contributed by atoms with Crippen LogP contribution in [0.25, 0.3) is 16.3 Å². The first-order valence-electron chi connectivity index (χ1n) is 7.34. The molecule has 0 radical (unpaired) electrons. The van der Waals surface area contributed by atoms with Gasteiger partial charge in [0.15, 0.2) is 5.56 Å². The van der Waals surface area contributed by atoms with E-state index in [2.05, 4.69) is 72.8 Å². The summed E-state index contributed by atoms with van der Waals surface area (Å²) in [5.74, 6) is 0. The SMILES string of the molecule is [C+]1=CC2=C(c3ccccc31)c1cc3ccccc3cc1C2. The Morgan fingerprint density at radius 1 is 0.762 bits per heavy atom. The van der Waals surface area contributed by atoms with Crippen LogP contribution in [0.1, 0.15) is 22.3 Å². The van der Waals surface area contributed by atoms with Crippen LogP contribution in [-0.4, -0.2) is 0 Å². The monoisotopic (exact) mass is 265 g/mol. The topological polar surface area (TPSA) is 0 Å². The zero-order valence-electron chi connectivity index (χ0n) is 11.6. The summed E-state index contributed by atoms with van der Waals surface area (Å²) in [6.45, 7) is 0. The summed E-state index contributed by atoms with van der Waals surface area (Å²) in [5, 5.41) is 2.65. The van der Waals surface area contributed by atoms with E-state index in [1.807, 2.05) is 0 Å². The van der Waals surface area contributed by atoms with Crippen molar-refractivity contribution >= 4 is 16.3 Å². The fourth-order valence-corrected chi connectivity index (χ4v) is 3.57. The zero-order valence-corrected chi connectivity index (χ0v) is 11.6. The minimum absolute atomic E-state index is 1.02. The highest BCUT2D eigenvalue weighted by molar-refractivity contribution is 5.97.